The Hall–Kier alpha value is -6.53. The molecule has 5 heterocycles. The number of imidazole rings is 1. The quantitative estimate of drug-likeness (QED) is 0.202. The molecule has 220 valence electrons. The predicted molar refractivity (Wildman–Crippen MR) is 191 cm³/mol. The summed E-state index contributed by atoms with van der Waals surface area (Å²) in [4.78, 5) is 14.1. The van der Waals surface area contributed by atoms with Crippen molar-refractivity contribution in [1.82, 2.24) is 28.7 Å². The molecule has 0 aliphatic rings. The lowest BCUT2D eigenvalue weighted by molar-refractivity contribution is 1.09. The predicted octanol–water partition coefficient (Wildman–Crippen LogP) is 9.68. The first-order valence-corrected chi connectivity index (χ1v) is 15.7. The van der Waals surface area contributed by atoms with Crippen molar-refractivity contribution < 1.29 is 0 Å². The third-order valence-electron chi connectivity index (χ3n) is 9.31. The largest absolute Gasteiger partial charge is 0.307 e. The summed E-state index contributed by atoms with van der Waals surface area (Å²) in [5, 5.41) is 4.77. The summed E-state index contributed by atoms with van der Waals surface area (Å²) < 4.78 is 6.93. The van der Waals surface area contributed by atoms with Crippen LogP contribution in [0.4, 0.5) is 0 Å². The van der Waals surface area contributed by atoms with Gasteiger partial charge in [0.1, 0.15) is 11.8 Å². The number of para-hydroxylation sites is 4. The van der Waals surface area contributed by atoms with Gasteiger partial charge in [-0.2, -0.15) is 0 Å². The zero-order chi connectivity index (χ0) is 30.9. The van der Waals surface area contributed by atoms with Crippen LogP contribution in [-0.4, -0.2) is 28.7 Å². The average Bonchev–Trinajstić information content (AvgIpc) is 3.83. The Morgan fingerprint density at radius 2 is 1.23 bits per heavy atom. The Bertz CT molecular complexity index is 2790. The molecule has 6 heteroatoms. The molecule has 0 unspecified atom stereocenters. The molecule has 0 bridgehead atoms. The van der Waals surface area contributed by atoms with Gasteiger partial charge in [0.05, 0.1) is 45.2 Å². The van der Waals surface area contributed by atoms with Crippen LogP contribution in [0.2, 0.25) is 0 Å². The lowest BCUT2D eigenvalue weighted by Gasteiger charge is -2.14. The molecular formula is C41H26N6. The van der Waals surface area contributed by atoms with E-state index in [0.29, 0.717) is 0 Å². The van der Waals surface area contributed by atoms with Gasteiger partial charge in [-0.15, -0.1) is 0 Å². The third-order valence-corrected chi connectivity index (χ3v) is 9.31. The first-order chi connectivity index (χ1) is 23.4. The second-order valence-electron chi connectivity index (χ2n) is 11.8. The summed E-state index contributed by atoms with van der Waals surface area (Å²) in [6.07, 6.45) is 9.49. The Balaban J connectivity index is 1.35. The molecule has 10 rings (SSSR count). The Morgan fingerprint density at radius 1 is 0.468 bits per heavy atom. The number of hydrogen-bond acceptors (Lipinski definition) is 3. The van der Waals surface area contributed by atoms with Gasteiger partial charge >= 0.3 is 0 Å². The lowest BCUT2D eigenvalue weighted by atomic mass is 10.1. The molecule has 6 nitrogen and oxygen atoms in total. The maximum atomic E-state index is 4.99. The molecule has 0 aliphatic heterocycles. The topological polar surface area (TPSA) is 53.5 Å². The van der Waals surface area contributed by atoms with Gasteiger partial charge < -0.3 is 9.13 Å². The Labute approximate surface area is 269 Å². The summed E-state index contributed by atoms with van der Waals surface area (Å²) in [6.45, 7) is 0. The summed E-state index contributed by atoms with van der Waals surface area (Å²) in [6, 6.07) is 44.9. The van der Waals surface area contributed by atoms with Crippen molar-refractivity contribution in [2.75, 3.05) is 0 Å². The maximum Gasteiger partial charge on any atom is 0.113 e. The van der Waals surface area contributed by atoms with Crippen LogP contribution in [-0.2, 0) is 0 Å². The molecular weight excluding hydrogens is 576 g/mol. The van der Waals surface area contributed by atoms with Crippen molar-refractivity contribution in [3.05, 3.63) is 159 Å². The van der Waals surface area contributed by atoms with Gasteiger partial charge in [0.25, 0.3) is 0 Å². The lowest BCUT2D eigenvalue weighted by Crippen LogP contribution is -1.99. The average molecular weight is 603 g/mol. The molecule has 0 amide bonds. The van der Waals surface area contributed by atoms with Crippen LogP contribution >= 0.6 is 0 Å². The van der Waals surface area contributed by atoms with Gasteiger partial charge in [-0.3, -0.25) is 14.5 Å². The molecule has 0 radical (unpaired) electrons. The highest BCUT2D eigenvalue weighted by atomic mass is 15.1. The fourth-order valence-corrected chi connectivity index (χ4v) is 7.35. The summed E-state index contributed by atoms with van der Waals surface area (Å²) in [7, 11) is 0. The monoisotopic (exact) mass is 602 g/mol. The minimum Gasteiger partial charge on any atom is -0.307 e. The number of pyridine rings is 2. The van der Waals surface area contributed by atoms with Crippen LogP contribution in [0.5, 0.6) is 0 Å². The highest BCUT2D eigenvalue weighted by molar-refractivity contribution is 6.26. The summed E-state index contributed by atoms with van der Waals surface area (Å²) in [5.74, 6) is 0. The molecule has 10 aromatic rings. The van der Waals surface area contributed by atoms with Crippen molar-refractivity contribution in [1.29, 1.82) is 0 Å². The van der Waals surface area contributed by atoms with E-state index in [1.54, 1.807) is 0 Å². The Morgan fingerprint density at radius 3 is 2.09 bits per heavy atom. The molecule has 5 aromatic heterocycles. The number of benzene rings is 5. The molecule has 0 saturated heterocycles. The van der Waals surface area contributed by atoms with Crippen LogP contribution < -0.4 is 0 Å². The van der Waals surface area contributed by atoms with Crippen LogP contribution in [0.1, 0.15) is 0 Å². The van der Waals surface area contributed by atoms with Crippen molar-refractivity contribution in [2.45, 2.75) is 0 Å². The molecule has 0 spiro atoms. The molecule has 0 N–H and O–H groups in total. The number of hydrogen-bond donors (Lipinski definition) is 0. The fraction of sp³-hybridized carbons (Fsp3) is 0. The maximum absolute atomic E-state index is 4.99. The van der Waals surface area contributed by atoms with Gasteiger partial charge in [-0.1, -0.05) is 72.8 Å². The van der Waals surface area contributed by atoms with E-state index in [0.717, 1.165) is 61.3 Å². The number of nitrogens with zero attached hydrogens (tertiary/aromatic N) is 6. The van der Waals surface area contributed by atoms with E-state index in [9.17, 15) is 0 Å². The standard InChI is InChI=1S/C41H26N6/c1-2-11-28(12-3-1)45-26-44-40-36(45)17-8-18-37(40)46-34-16-7-5-14-32(34)39-35(46)20-19-31-30-13-4-6-15-33(30)47(41(31)39)38-25-43-23-21-29(38)27-10-9-22-42-24-27/h1-26H. The molecule has 5 aromatic carbocycles. The van der Waals surface area contributed by atoms with Crippen LogP contribution in [0.25, 0.3) is 82.8 Å². The van der Waals surface area contributed by atoms with Gasteiger partial charge in [0, 0.05) is 56.9 Å². The van der Waals surface area contributed by atoms with Crippen molar-refractivity contribution in [3.63, 3.8) is 0 Å². The second-order valence-corrected chi connectivity index (χ2v) is 11.8. The third kappa shape index (κ3) is 3.69. The van der Waals surface area contributed by atoms with E-state index in [4.69, 9.17) is 4.98 Å². The number of fused-ring (bicyclic) bond motifs is 8. The Kier molecular flexibility index (Phi) is 5.48. The van der Waals surface area contributed by atoms with E-state index in [-0.39, 0.29) is 0 Å². The van der Waals surface area contributed by atoms with E-state index >= 15 is 0 Å². The second kappa shape index (κ2) is 9.99. The zero-order valence-corrected chi connectivity index (χ0v) is 25.2. The van der Waals surface area contributed by atoms with Gasteiger partial charge in [0.15, 0.2) is 0 Å². The smallest absolute Gasteiger partial charge is 0.113 e. The minimum absolute atomic E-state index is 0.950. The first-order valence-electron chi connectivity index (χ1n) is 15.7. The van der Waals surface area contributed by atoms with Crippen LogP contribution in [0.15, 0.2) is 159 Å². The fourth-order valence-electron chi connectivity index (χ4n) is 7.35. The number of aromatic nitrogens is 6. The minimum atomic E-state index is 0.950. The van der Waals surface area contributed by atoms with Crippen LogP contribution in [0, 0.1) is 0 Å². The van der Waals surface area contributed by atoms with Gasteiger partial charge in [0.2, 0.25) is 0 Å². The van der Waals surface area contributed by atoms with Crippen molar-refractivity contribution in [3.8, 4) is 28.2 Å². The van der Waals surface area contributed by atoms with E-state index in [1.165, 1.54) is 21.5 Å². The summed E-state index contributed by atoms with van der Waals surface area (Å²) in [5.41, 5.74) is 11.8. The van der Waals surface area contributed by atoms with Crippen LogP contribution in [0.3, 0.4) is 0 Å². The molecule has 47 heavy (non-hydrogen) atoms. The summed E-state index contributed by atoms with van der Waals surface area (Å²) >= 11 is 0. The highest BCUT2D eigenvalue weighted by Gasteiger charge is 2.23. The number of rotatable bonds is 4. The van der Waals surface area contributed by atoms with Crippen molar-refractivity contribution in [2.24, 2.45) is 0 Å². The molecule has 0 aliphatic carbocycles. The SMILES string of the molecule is c1ccc(-n2cnc3c(-n4c5ccccc5c5c4ccc4c6ccccc6n(-c6cnccc6-c6cccnc6)c45)cccc32)cc1. The molecule has 0 saturated carbocycles. The van der Waals surface area contributed by atoms with E-state index in [1.807, 2.05) is 43.2 Å². The van der Waals surface area contributed by atoms with Crippen molar-refractivity contribution >= 4 is 54.6 Å². The van der Waals surface area contributed by atoms with Gasteiger partial charge in [-0.05, 0) is 54.6 Å². The van der Waals surface area contributed by atoms with E-state index in [2.05, 4.69) is 139 Å². The van der Waals surface area contributed by atoms with E-state index < -0.39 is 0 Å². The zero-order valence-electron chi connectivity index (χ0n) is 25.2. The first kappa shape index (κ1) is 25.8. The molecule has 0 atom stereocenters. The molecule has 0 fully saturated rings. The highest BCUT2D eigenvalue weighted by Crippen LogP contribution is 2.43. The normalized spacial score (nSPS) is 11.8. The van der Waals surface area contributed by atoms with Gasteiger partial charge in [-0.25, -0.2) is 4.98 Å².